The SMILES string of the molecule is COC(=O)c1ccc2c(c1)C(=O)N(c1ccc(OC(C)=O)cc1)C2=O. The summed E-state index contributed by atoms with van der Waals surface area (Å²) in [6.07, 6.45) is 0. The topological polar surface area (TPSA) is 90.0 Å². The molecule has 1 heterocycles. The number of hydrogen-bond acceptors (Lipinski definition) is 6. The number of esters is 2. The summed E-state index contributed by atoms with van der Waals surface area (Å²) in [5, 5.41) is 0. The van der Waals surface area contributed by atoms with Gasteiger partial charge in [0.2, 0.25) is 0 Å². The molecule has 0 aliphatic carbocycles. The number of ether oxygens (including phenoxy) is 2. The minimum absolute atomic E-state index is 0.136. The van der Waals surface area contributed by atoms with Crippen LogP contribution in [0.25, 0.3) is 0 Å². The van der Waals surface area contributed by atoms with Crippen LogP contribution in [0, 0.1) is 0 Å². The molecule has 0 bridgehead atoms. The fourth-order valence-electron chi connectivity index (χ4n) is 2.55. The Morgan fingerprint density at radius 3 is 2.16 bits per heavy atom. The van der Waals surface area contributed by atoms with Gasteiger partial charge in [-0.2, -0.15) is 0 Å². The summed E-state index contributed by atoms with van der Waals surface area (Å²) in [5.74, 6) is -1.78. The predicted molar refractivity (Wildman–Crippen MR) is 86.7 cm³/mol. The van der Waals surface area contributed by atoms with Gasteiger partial charge in [-0.3, -0.25) is 14.4 Å². The minimum Gasteiger partial charge on any atom is -0.465 e. The molecule has 0 spiro atoms. The normalized spacial score (nSPS) is 12.8. The molecule has 7 nitrogen and oxygen atoms in total. The Morgan fingerprint density at radius 2 is 1.56 bits per heavy atom. The number of hydrogen-bond donors (Lipinski definition) is 0. The lowest BCUT2D eigenvalue weighted by Gasteiger charge is -2.14. The number of rotatable bonds is 3. The Kier molecular flexibility index (Phi) is 4.06. The highest BCUT2D eigenvalue weighted by Gasteiger charge is 2.37. The average molecular weight is 339 g/mol. The van der Waals surface area contributed by atoms with Crippen LogP contribution < -0.4 is 9.64 Å². The van der Waals surface area contributed by atoms with Crippen molar-refractivity contribution in [2.45, 2.75) is 6.92 Å². The number of anilines is 1. The molecule has 3 rings (SSSR count). The molecule has 0 saturated carbocycles. The van der Waals surface area contributed by atoms with Crippen LogP contribution in [0.2, 0.25) is 0 Å². The summed E-state index contributed by atoms with van der Waals surface area (Å²) in [7, 11) is 1.24. The van der Waals surface area contributed by atoms with Gasteiger partial charge in [-0.1, -0.05) is 0 Å². The molecule has 0 saturated heterocycles. The third-order valence-electron chi connectivity index (χ3n) is 3.66. The number of benzene rings is 2. The molecule has 126 valence electrons. The van der Waals surface area contributed by atoms with Crippen molar-refractivity contribution >= 4 is 29.4 Å². The Labute approximate surface area is 142 Å². The van der Waals surface area contributed by atoms with E-state index in [1.165, 1.54) is 56.5 Å². The first-order chi connectivity index (χ1) is 11.9. The molecule has 0 atom stereocenters. The van der Waals surface area contributed by atoms with Crippen LogP contribution in [0.5, 0.6) is 5.75 Å². The third-order valence-corrected chi connectivity index (χ3v) is 3.66. The summed E-state index contributed by atoms with van der Waals surface area (Å²) in [6, 6.07) is 10.2. The number of nitrogens with zero attached hydrogens (tertiary/aromatic N) is 1. The van der Waals surface area contributed by atoms with E-state index in [-0.39, 0.29) is 16.7 Å². The van der Waals surface area contributed by atoms with Crippen molar-refractivity contribution in [2.75, 3.05) is 12.0 Å². The highest BCUT2D eigenvalue weighted by atomic mass is 16.5. The number of carbonyl (C=O) groups excluding carboxylic acids is 4. The van der Waals surface area contributed by atoms with Gasteiger partial charge in [-0.25, -0.2) is 9.69 Å². The van der Waals surface area contributed by atoms with Crippen molar-refractivity contribution in [3.05, 3.63) is 59.2 Å². The number of amides is 2. The maximum atomic E-state index is 12.6. The zero-order chi connectivity index (χ0) is 18.1. The first-order valence-electron chi connectivity index (χ1n) is 7.32. The van der Waals surface area contributed by atoms with E-state index in [1.807, 2.05) is 0 Å². The molecule has 0 radical (unpaired) electrons. The second-order valence-corrected chi connectivity index (χ2v) is 5.29. The highest BCUT2D eigenvalue weighted by molar-refractivity contribution is 6.34. The first kappa shape index (κ1) is 16.4. The second-order valence-electron chi connectivity index (χ2n) is 5.29. The summed E-state index contributed by atoms with van der Waals surface area (Å²) in [6.45, 7) is 1.27. The molecular formula is C18H13NO6. The first-order valence-corrected chi connectivity index (χ1v) is 7.32. The minimum atomic E-state index is -0.591. The summed E-state index contributed by atoms with van der Waals surface area (Å²) in [5.41, 5.74) is 0.870. The second kappa shape index (κ2) is 6.20. The van der Waals surface area contributed by atoms with Gasteiger partial charge in [-0.15, -0.1) is 0 Å². The molecule has 0 aromatic heterocycles. The smallest absolute Gasteiger partial charge is 0.337 e. The lowest BCUT2D eigenvalue weighted by Crippen LogP contribution is -2.29. The van der Waals surface area contributed by atoms with Crippen LogP contribution in [0.15, 0.2) is 42.5 Å². The largest absolute Gasteiger partial charge is 0.465 e. The molecule has 2 aromatic carbocycles. The summed E-state index contributed by atoms with van der Waals surface area (Å²) in [4.78, 5) is 48.7. The van der Waals surface area contributed by atoms with Gasteiger partial charge >= 0.3 is 11.9 Å². The Bertz CT molecular complexity index is 900. The Balaban J connectivity index is 1.94. The van der Waals surface area contributed by atoms with Crippen LogP contribution in [0.4, 0.5) is 5.69 Å². The van der Waals surface area contributed by atoms with Crippen molar-refractivity contribution in [1.82, 2.24) is 0 Å². The third kappa shape index (κ3) is 2.87. The van der Waals surface area contributed by atoms with Crippen molar-refractivity contribution in [3.8, 4) is 5.75 Å². The van der Waals surface area contributed by atoms with Crippen LogP contribution in [-0.4, -0.2) is 30.9 Å². The van der Waals surface area contributed by atoms with Crippen molar-refractivity contribution in [3.63, 3.8) is 0 Å². The van der Waals surface area contributed by atoms with E-state index in [1.54, 1.807) is 0 Å². The van der Waals surface area contributed by atoms with Crippen LogP contribution in [0.1, 0.15) is 38.0 Å². The fourth-order valence-corrected chi connectivity index (χ4v) is 2.55. The van der Waals surface area contributed by atoms with E-state index in [0.717, 1.165) is 4.90 Å². The van der Waals surface area contributed by atoms with Gasteiger partial charge in [0.05, 0.1) is 29.5 Å². The van der Waals surface area contributed by atoms with E-state index < -0.39 is 23.8 Å². The molecule has 1 aliphatic heterocycles. The van der Waals surface area contributed by atoms with E-state index in [4.69, 9.17) is 4.74 Å². The van der Waals surface area contributed by atoms with Gasteiger partial charge in [0.25, 0.3) is 11.8 Å². The predicted octanol–water partition coefficient (Wildman–Crippen LogP) is 2.20. The summed E-state index contributed by atoms with van der Waals surface area (Å²) >= 11 is 0. The fraction of sp³-hybridized carbons (Fsp3) is 0.111. The van der Waals surface area contributed by atoms with Gasteiger partial charge in [0, 0.05) is 6.92 Å². The number of carbonyl (C=O) groups is 4. The van der Waals surface area contributed by atoms with E-state index >= 15 is 0 Å². The van der Waals surface area contributed by atoms with Crippen molar-refractivity contribution in [2.24, 2.45) is 0 Å². The molecule has 7 heteroatoms. The Morgan fingerprint density at radius 1 is 0.920 bits per heavy atom. The monoisotopic (exact) mass is 339 g/mol. The maximum Gasteiger partial charge on any atom is 0.337 e. The summed E-state index contributed by atoms with van der Waals surface area (Å²) < 4.78 is 9.55. The van der Waals surface area contributed by atoms with Gasteiger partial charge in [-0.05, 0) is 42.5 Å². The lowest BCUT2D eigenvalue weighted by molar-refractivity contribution is -0.131. The molecular weight excluding hydrogens is 326 g/mol. The molecule has 0 fully saturated rings. The van der Waals surface area contributed by atoms with Crippen LogP contribution >= 0.6 is 0 Å². The average Bonchev–Trinajstić information content (AvgIpc) is 2.85. The lowest BCUT2D eigenvalue weighted by atomic mass is 10.1. The Hall–Kier alpha value is -3.48. The number of methoxy groups -OCH3 is 1. The van der Waals surface area contributed by atoms with Gasteiger partial charge in [0.15, 0.2) is 0 Å². The molecule has 1 aliphatic rings. The molecule has 2 aromatic rings. The molecule has 25 heavy (non-hydrogen) atoms. The zero-order valence-corrected chi connectivity index (χ0v) is 13.4. The number of fused-ring (bicyclic) bond motifs is 1. The van der Waals surface area contributed by atoms with Crippen molar-refractivity contribution < 1.29 is 28.7 Å². The van der Waals surface area contributed by atoms with Gasteiger partial charge in [0.1, 0.15) is 5.75 Å². The molecule has 0 unspecified atom stereocenters. The zero-order valence-electron chi connectivity index (χ0n) is 13.4. The van der Waals surface area contributed by atoms with E-state index in [2.05, 4.69) is 4.74 Å². The highest BCUT2D eigenvalue weighted by Crippen LogP contribution is 2.30. The van der Waals surface area contributed by atoms with E-state index in [0.29, 0.717) is 11.4 Å². The standard InChI is InChI=1S/C18H13NO6/c1-10(20)25-13-6-4-12(5-7-13)19-16(21)14-8-3-11(18(23)24-2)9-15(14)17(19)22/h3-9H,1-2H3. The van der Waals surface area contributed by atoms with Crippen LogP contribution in [-0.2, 0) is 9.53 Å². The molecule has 2 amide bonds. The van der Waals surface area contributed by atoms with Crippen LogP contribution in [0.3, 0.4) is 0 Å². The van der Waals surface area contributed by atoms with Gasteiger partial charge < -0.3 is 9.47 Å². The maximum absolute atomic E-state index is 12.6. The molecule has 0 N–H and O–H groups in total. The van der Waals surface area contributed by atoms with Crippen molar-refractivity contribution in [1.29, 1.82) is 0 Å². The number of imide groups is 1. The quantitative estimate of drug-likeness (QED) is 0.484. The van der Waals surface area contributed by atoms with E-state index in [9.17, 15) is 19.2 Å².